The first kappa shape index (κ1) is 21.8. The number of aliphatic carboxylic acids is 1. The molecular formula is C22H25ClN2O6. The molecule has 3 aliphatic rings. The van der Waals surface area contributed by atoms with Crippen molar-refractivity contribution in [3.63, 3.8) is 0 Å². The van der Waals surface area contributed by atoms with Crippen LogP contribution in [0, 0.1) is 18.8 Å². The highest BCUT2D eigenvalue weighted by Gasteiger charge is 2.74. The Morgan fingerprint density at radius 3 is 2.81 bits per heavy atom. The largest absolute Gasteiger partial charge is 0.481 e. The van der Waals surface area contributed by atoms with Crippen LogP contribution in [0.25, 0.3) is 0 Å². The third kappa shape index (κ3) is 3.08. The molecule has 1 spiro atoms. The Morgan fingerprint density at radius 1 is 1.45 bits per heavy atom. The molecule has 9 heteroatoms. The van der Waals surface area contributed by atoms with Crippen LogP contribution in [-0.2, 0) is 19.1 Å². The van der Waals surface area contributed by atoms with Crippen LogP contribution in [-0.4, -0.2) is 70.3 Å². The standard InChI is InChI=1S/C22H25ClN2O6/c1-3-9-24(17-12(2)5-4-6-13(17)23)20(28)18-22-8-7-14(31-22)15(21(29)30)16(22)19(27)25(18)10-11-26/h3-6,14-16,18,26H,1,7-11H2,2H3,(H,29,30)/t14-,15+,16+,18-,22+/m1/s1. The van der Waals surface area contributed by atoms with Crippen LogP contribution in [0.5, 0.6) is 0 Å². The number of nitrogens with zero attached hydrogens (tertiary/aromatic N) is 2. The lowest BCUT2D eigenvalue weighted by Crippen LogP contribution is -2.57. The van der Waals surface area contributed by atoms with Gasteiger partial charge in [-0.2, -0.15) is 0 Å². The monoisotopic (exact) mass is 448 g/mol. The van der Waals surface area contributed by atoms with Crippen molar-refractivity contribution in [2.75, 3.05) is 24.6 Å². The highest BCUT2D eigenvalue weighted by molar-refractivity contribution is 6.34. The first-order valence-corrected chi connectivity index (χ1v) is 10.7. The zero-order valence-electron chi connectivity index (χ0n) is 17.2. The summed E-state index contributed by atoms with van der Waals surface area (Å²) in [7, 11) is 0. The van der Waals surface area contributed by atoms with Crippen LogP contribution in [0.2, 0.25) is 5.02 Å². The maximum Gasteiger partial charge on any atom is 0.310 e. The molecule has 2 amide bonds. The molecule has 1 aromatic rings. The van der Waals surface area contributed by atoms with E-state index in [1.54, 1.807) is 18.2 Å². The summed E-state index contributed by atoms with van der Waals surface area (Å²) in [6, 6.07) is 4.23. The number of aliphatic hydroxyl groups excluding tert-OH is 1. The number of amides is 2. The number of aliphatic hydroxyl groups is 1. The number of para-hydroxylation sites is 1. The first-order chi connectivity index (χ1) is 14.8. The summed E-state index contributed by atoms with van der Waals surface area (Å²) >= 11 is 6.43. The van der Waals surface area contributed by atoms with Gasteiger partial charge in [0.05, 0.1) is 35.3 Å². The fourth-order valence-corrected chi connectivity index (χ4v) is 5.92. The minimum atomic E-state index is -1.23. The molecule has 3 aliphatic heterocycles. The number of carbonyl (C=O) groups excluding carboxylic acids is 2. The lowest BCUT2D eigenvalue weighted by molar-refractivity contribution is -0.149. The number of halogens is 1. The second-order valence-electron chi connectivity index (χ2n) is 8.29. The Balaban J connectivity index is 1.82. The van der Waals surface area contributed by atoms with Gasteiger partial charge in [-0.15, -0.1) is 6.58 Å². The molecule has 0 radical (unpaired) electrons. The Kier molecular flexibility index (Phi) is 5.57. The summed E-state index contributed by atoms with van der Waals surface area (Å²) in [4.78, 5) is 42.0. The number of benzene rings is 1. The molecule has 0 saturated carbocycles. The molecule has 8 nitrogen and oxygen atoms in total. The number of ether oxygens (including phenoxy) is 1. The van der Waals surface area contributed by atoms with Gasteiger partial charge >= 0.3 is 5.97 Å². The summed E-state index contributed by atoms with van der Waals surface area (Å²) in [5.74, 6) is -3.95. The Bertz CT molecular complexity index is 932. The molecule has 31 heavy (non-hydrogen) atoms. The third-order valence-corrected chi connectivity index (χ3v) is 7.00. The molecule has 3 heterocycles. The number of rotatable bonds is 7. The average molecular weight is 449 g/mol. The lowest BCUT2D eigenvalue weighted by Gasteiger charge is -2.37. The van der Waals surface area contributed by atoms with Crippen molar-refractivity contribution in [1.29, 1.82) is 0 Å². The molecule has 0 aromatic heterocycles. The average Bonchev–Trinajstić information content (AvgIpc) is 3.35. The van der Waals surface area contributed by atoms with E-state index in [0.717, 1.165) is 5.56 Å². The molecular weight excluding hydrogens is 424 g/mol. The molecule has 1 aromatic carbocycles. The van der Waals surface area contributed by atoms with Gasteiger partial charge in [-0.25, -0.2) is 0 Å². The molecule has 2 bridgehead atoms. The molecule has 0 unspecified atom stereocenters. The number of hydrogen-bond acceptors (Lipinski definition) is 5. The normalized spacial score (nSPS) is 31.1. The van der Waals surface area contributed by atoms with E-state index in [4.69, 9.17) is 16.3 Å². The van der Waals surface area contributed by atoms with Crippen molar-refractivity contribution in [2.45, 2.75) is 37.5 Å². The molecule has 166 valence electrons. The van der Waals surface area contributed by atoms with E-state index in [1.807, 2.05) is 13.0 Å². The Morgan fingerprint density at radius 2 is 2.19 bits per heavy atom. The van der Waals surface area contributed by atoms with E-state index in [1.165, 1.54) is 9.80 Å². The minimum absolute atomic E-state index is 0.0860. The van der Waals surface area contributed by atoms with E-state index in [2.05, 4.69) is 6.58 Å². The molecule has 4 rings (SSSR count). The van der Waals surface area contributed by atoms with Crippen LogP contribution < -0.4 is 4.90 Å². The quantitative estimate of drug-likeness (QED) is 0.614. The number of carboxylic acids is 1. The van der Waals surface area contributed by atoms with Crippen molar-refractivity contribution < 1.29 is 29.3 Å². The Hall–Kier alpha value is -2.42. The van der Waals surface area contributed by atoms with Gasteiger partial charge in [0, 0.05) is 13.1 Å². The Labute approximate surface area is 185 Å². The minimum Gasteiger partial charge on any atom is -0.481 e. The molecule has 2 N–H and O–H groups in total. The van der Waals surface area contributed by atoms with Crippen molar-refractivity contribution >= 4 is 35.1 Å². The second-order valence-corrected chi connectivity index (χ2v) is 8.70. The molecule has 3 fully saturated rings. The zero-order chi connectivity index (χ0) is 22.5. The first-order valence-electron chi connectivity index (χ1n) is 10.3. The summed E-state index contributed by atoms with van der Waals surface area (Å²) in [5.41, 5.74) is 0.0496. The van der Waals surface area contributed by atoms with Crippen molar-refractivity contribution in [1.82, 2.24) is 4.90 Å². The molecule has 0 aliphatic carbocycles. The van der Waals surface area contributed by atoms with Crippen LogP contribution in [0.4, 0.5) is 5.69 Å². The van der Waals surface area contributed by atoms with Gasteiger partial charge in [-0.1, -0.05) is 29.8 Å². The van der Waals surface area contributed by atoms with E-state index >= 15 is 0 Å². The number of aryl methyl sites for hydroxylation is 1. The highest BCUT2D eigenvalue weighted by Crippen LogP contribution is 2.58. The maximum absolute atomic E-state index is 14.0. The second kappa shape index (κ2) is 7.93. The van der Waals surface area contributed by atoms with Crippen LogP contribution in [0.3, 0.4) is 0 Å². The highest BCUT2D eigenvalue weighted by atomic mass is 35.5. The van der Waals surface area contributed by atoms with Crippen molar-refractivity contribution in [2.24, 2.45) is 11.8 Å². The number of hydrogen-bond donors (Lipinski definition) is 2. The van der Waals surface area contributed by atoms with Gasteiger partial charge < -0.3 is 24.7 Å². The summed E-state index contributed by atoms with van der Waals surface area (Å²) < 4.78 is 6.13. The van der Waals surface area contributed by atoms with Crippen LogP contribution >= 0.6 is 11.6 Å². The predicted molar refractivity (Wildman–Crippen MR) is 113 cm³/mol. The maximum atomic E-state index is 14.0. The van der Waals surface area contributed by atoms with E-state index in [0.29, 0.717) is 23.6 Å². The fraction of sp³-hybridized carbons (Fsp3) is 0.500. The summed E-state index contributed by atoms with van der Waals surface area (Å²) in [5, 5.41) is 19.7. The van der Waals surface area contributed by atoms with Gasteiger partial charge in [0.25, 0.3) is 5.91 Å². The van der Waals surface area contributed by atoms with Crippen LogP contribution in [0.15, 0.2) is 30.9 Å². The number of fused-ring (bicyclic) bond motifs is 1. The van der Waals surface area contributed by atoms with Gasteiger partial charge in [-0.05, 0) is 31.4 Å². The van der Waals surface area contributed by atoms with Gasteiger partial charge in [0.15, 0.2) is 0 Å². The number of likely N-dealkylation sites (tertiary alicyclic amines) is 1. The smallest absolute Gasteiger partial charge is 0.310 e. The fourth-order valence-electron chi connectivity index (χ4n) is 5.60. The van der Waals surface area contributed by atoms with Gasteiger partial charge in [0.2, 0.25) is 5.91 Å². The lowest BCUT2D eigenvalue weighted by atomic mass is 9.70. The number of β-amino-alcohol motifs (C(OH)–C–C–N with tert-alkyl or cyclic N) is 1. The van der Waals surface area contributed by atoms with Crippen LogP contribution in [0.1, 0.15) is 18.4 Å². The third-order valence-electron chi connectivity index (χ3n) is 6.70. The van der Waals surface area contributed by atoms with E-state index in [9.17, 15) is 24.6 Å². The van der Waals surface area contributed by atoms with E-state index < -0.39 is 47.4 Å². The molecule has 3 saturated heterocycles. The number of carbonyl (C=O) groups is 3. The van der Waals surface area contributed by atoms with Gasteiger partial charge in [0.1, 0.15) is 11.6 Å². The van der Waals surface area contributed by atoms with Gasteiger partial charge in [-0.3, -0.25) is 14.4 Å². The number of anilines is 1. The summed E-state index contributed by atoms with van der Waals surface area (Å²) in [6.07, 6.45) is 1.83. The number of carboxylic acid groups (broad SMARTS) is 1. The van der Waals surface area contributed by atoms with E-state index in [-0.39, 0.29) is 19.7 Å². The summed E-state index contributed by atoms with van der Waals surface area (Å²) in [6.45, 7) is 5.28. The molecule has 5 atom stereocenters. The zero-order valence-corrected chi connectivity index (χ0v) is 17.9. The predicted octanol–water partition coefficient (Wildman–Crippen LogP) is 1.62. The van der Waals surface area contributed by atoms with Crippen molar-refractivity contribution in [3.05, 3.63) is 41.4 Å². The topological polar surface area (TPSA) is 107 Å². The van der Waals surface area contributed by atoms with Crippen molar-refractivity contribution in [3.8, 4) is 0 Å². The SMILES string of the molecule is C=CCN(C(=O)[C@H]1N(CCO)C(=O)[C@@H]2[C@@H](C(=O)O)[C@H]3CC[C@]21O3)c1c(C)cccc1Cl.